The average Bonchev–Trinajstić information content (AvgIpc) is 3.07. The summed E-state index contributed by atoms with van der Waals surface area (Å²) in [7, 11) is 1.71. The van der Waals surface area contributed by atoms with Gasteiger partial charge in [-0.15, -0.1) is 13.2 Å². The Morgan fingerprint density at radius 3 is 2.38 bits per heavy atom. The maximum Gasteiger partial charge on any atom is 0.573 e. The summed E-state index contributed by atoms with van der Waals surface area (Å²) < 4.78 is 47.7. The van der Waals surface area contributed by atoms with Crippen LogP contribution in [-0.2, 0) is 11.3 Å². The van der Waals surface area contributed by atoms with E-state index in [4.69, 9.17) is 4.74 Å². The van der Waals surface area contributed by atoms with E-state index in [1.165, 1.54) is 12.1 Å². The number of hydrogen-bond donors (Lipinski definition) is 1. The van der Waals surface area contributed by atoms with E-state index in [2.05, 4.69) is 20.6 Å². The van der Waals surface area contributed by atoms with Gasteiger partial charge in [0, 0.05) is 62.5 Å². The van der Waals surface area contributed by atoms with Crippen LogP contribution < -0.4 is 9.64 Å². The van der Waals surface area contributed by atoms with E-state index >= 15 is 0 Å². The van der Waals surface area contributed by atoms with Crippen LogP contribution in [-0.4, -0.2) is 67.4 Å². The second-order valence-corrected chi connectivity index (χ2v) is 7.87. The van der Waals surface area contributed by atoms with Crippen molar-refractivity contribution in [2.75, 3.05) is 51.3 Å². The number of anilines is 1. The Labute approximate surface area is 184 Å². The third-order valence-electron chi connectivity index (χ3n) is 5.70. The quantitative estimate of drug-likeness (QED) is 0.590. The van der Waals surface area contributed by atoms with Gasteiger partial charge in [0.2, 0.25) is 0 Å². The molecule has 1 saturated heterocycles. The highest BCUT2D eigenvalue weighted by atomic mass is 19.4. The van der Waals surface area contributed by atoms with Gasteiger partial charge in [0.1, 0.15) is 5.75 Å². The van der Waals surface area contributed by atoms with Gasteiger partial charge in [0.25, 0.3) is 0 Å². The van der Waals surface area contributed by atoms with Crippen LogP contribution in [0.4, 0.5) is 18.9 Å². The maximum atomic E-state index is 12.3. The number of alkyl halides is 3. The Kier molecular flexibility index (Phi) is 6.48. The number of hydrogen-bond acceptors (Lipinski definition) is 5. The number of benzene rings is 2. The van der Waals surface area contributed by atoms with E-state index in [1.54, 1.807) is 23.8 Å². The molecule has 1 aliphatic rings. The highest BCUT2D eigenvalue weighted by Gasteiger charge is 2.31. The Morgan fingerprint density at radius 2 is 1.72 bits per heavy atom. The van der Waals surface area contributed by atoms with Crippen LogP contribution in [0.5, 0.6) is 11.6 Å². The molecule has 0 aliphatic carbocycles. The van der Waals surface area contributed by atoms with E-state index in [0.29, 0.717) is 6.54 Å². The van der Waals surface area contributed by atoms with Gasteiger partial charge in [-0.05, 0) is 35.9 Å². The number of ether oxygens (including phenoxy) is 2. The van der Waals surface area contributed by atoms with E-state index in [9.17, 15) is 18.3 Å². The third kappa shape index (κ3) is 5.28. The van der Waals surface area contributed by atoms with Crippen LogP contribution in [0.2, 0.25) is 0 Å². The minimum Gasteiger partial charge on any atom is -0.494 e. The largest absolute Gasteiger partial charge is 0.573 e. The second kappa shape index (κ2) is 9.30. The van der Waals surface area contributed by atoms with Crippen LogP contribution in [0.1, 0.15) is 5.56 Å². The summed E-state index contributed by atoms with van der Waals surface area (Å²) in [6, 6.07) is 11.6. The predicted octanol–water partition coefficient (Wildman–Crippen LogP) is 4.06. The number of nitrogens with zero attached hydrogens (tertiary/aromatic N) is 3. The summed E-state index contributed by atoms with van der Waals surface area (Å²) in [6.45, 7) is 5.80. The molecular weight excluding hydrogens is 423 g/mol. The lowest BCUT2D eigenvalue weighted by atomic mass is 10.1. The summed E-state index contributed by atoms with van der Waals surface area (Å²) in [6.07, 6.45) is -2.85. The zero-order valence-corrected chi connectivity index (χ0v) is 17.8. The average molecular weight is 449 g/mol. The fraction of sp³-hybridized carbons (Fsp3) is 0.391. The molecule has 6 nitrogen and oxygen atoms in total. The molecule has 0 atom stereocenters. The number of methoxy groups -OCH3 is 1. The van der Waals surface area contributed by atoms with Crippen LogP contribution in [0.15, 0.2) is 48.7 Å². The standard InChI is InChI=1S/C23H26F3N3O3/c1-31-13-12-27-8-10-28(11-9-27)19-4-7-21-18(14-19)16-29(22(21)30)15-17-2-5-20(6-3-17)32-23(24,25)26/h2-7,14,16,30H,8-13,15H2,1H3. The van der Waals surface area contributed by atoms with Crippen molar-refractivity contribution in [3.63, 3.8) is 0 Å². The molecule has 0 saturated carbocycles. The molecule has 172 valence electrons. The molecule has 1 aromatic heterocycles. The first kappa shape index (κ1) is 22.3. The lowest BCUT2D eigenvalue weighted by Crippen LogP contribution is -2.47. The molecule has 4 rings (SSSR count). The van der Waals surface area contributed by atoms with Crippen molar-refractivity contribution in [2.45, 2.75) is 12.9 Å². The van der Waals surface area contributed by atoms with Gasteiger partial charge in [-0.2, -0.15) is 0 Å². The first-order valence-electron chi connectivity index (χ1n) is 10.5. The fourth-order valence-electron chi connectivity index (χ4n) is 4.00. The van der Waals surface area contributed by atoms with E-state index < -0.39 is 6.36 Å². The molecule has 1 fully saturated rings. The van der Waals surface area contributed by atoms with Crippen molar-refractivity contribution < 1.29 is 27.8 Å². The number of fused-ring (bicyclic) bond motifs is 1. The first-order chi connectivity index (χ1) is 15.3. The molecule has 2 aromatic carbocycles. The molecular formula is C23H26F3N3O3. The molecule has 9 heteroatoms. The summed E-state index contributed by atoms with van der Waals surface area (Å²) in [4.78, 5) is 4.71. The van der Waals surface area contributed by atoms with Crippen molar-refractivity contribution in [3.05, 3.63) is 54.2 Å². The van der Waals surface area contributed by atoms with Gasteiger partial charge in [-0.1, -0.05) is 12.1 Å². The minimum absolute atomic E-state index is 0.131. The number of halogens is 3. The van der Waals surface area contributed by atoms with E-state index in [0.717, 1.165) is 61.4 Å². The molecule has 32 heavy (non-hydrogen) atoms. The topological polar surface area (TPSA) is 50.1 Å². The van der Waals surface area contributed by atoms with Crippen LogP contribution >= 0.6 is 0 Å². The van der Waals surface area contributed by atoms with E-state index in [-0.39, 0.29) is 11.6 Å². The molecule has 0 unspecified atom stereocenters. The third-order valence-corrected chi connectivity index (χ3v) is 5.70. The lowest BCUT2D eigenvalue weighted by Gasteiger charge is -2.36. The van der Waals surface area contributed by atoms with Gasteiger partial charge < -0.3 is 24.0 Å². The Bertz CT molecular complexity index is 1040. The van der Waals surface area contributed by atoms with Crippen molar-refractivity contribution in [1.29, 1.82) is 0 Å². The molecule has 1 N–H and O–H groups in total. The van der Waals surface area contributed by atoms with Crippen molar-refractivity contribution in [2.24, 2.45) is 0 Å². The summed E-state index contributed by atoms with van der Waals surface area (Å²) >= 11 is 0. The minimum atomic E-state index is -4.72. The van der Waals surface area contributed by atoms with Gasteiger partial charge in [-0.25, -0.2) is 0 Å². The Morgan fingerprint density at radius 1 is 1.00 bits per heavy atom. The fourth-order valence-corrected chi connectivity index (χ4v) is 4.00. The van der Waals surface area contributed by atoms with Crippen LogP contribution in [0, 0.1) is 0 Å². The SMILES string of the molecule is COCCN1CCN(c2ccc3c(O)n(Cc4ccc(OC(F)(F)F)cc4)cc3c2)CC1. The van der Waals surface area contributed by atoms with Gasteiger partial charge >= 0.3 is 6.36 Å². The number of aromatic hydroxyl groups is 1. The normalized spacial score (nSPS) is 15.4. The van der Waals surface area contributed by atoms with E-state index in [1.807, 2.05) is 18.3 Å². The lowest BCUT2D eigenvalue weighted by molar-refractivity contribution is -0.274. The number of aromatic nitrogens is 1. The predicted molar refractivity (Wildman–Crippen MR) is 116 cm³/mol. The van der Waals surface area contributed by atoms with Crippen molar-refractivity contribution in [3.8, 4) is 11.6 Å². The second-order valence-electron chi connectivity index (χ2n) is 7.87. The number of piperazine rings is 1. The molecule has 0 spiro atoms. The van der Waals surface area contributed by atoms with Gasteiger partial charge in [0.05, 0.1) is 13.2 Å². The Hall–Kier alpha value is -2.91. The summed E-state index contributed by atoms with van der Waals surface area (Å²) in [5.41, 5.74) is 1.86. The smallest absolute Gasteiger partial charge is 0.494 e. The molecule has 3 aromatic rings. The summed E-state index contributed by atoms with van der Waals surface area (Å²) in [5.74, 6) is -0.137. The zero-order chi connectivity index (χ0) is 22.7. The van der Waals surface area contributed by atoms with Gasteiger partial charge in [-0.3, -0.25) is 4.90 Å². The molecule has 0 amide bonds. The molecule has 2 heterocycles. The van der Waals surface area contributed by atoms with Crippen molar-refractivity contribution in [1.82, 2.24) is 9.47 Å². The monoisotopic (exact) mass is 449 g/mol. The highest BCUT2D eigenvalue weighted by Crippen LogP contribution is 2.32. The molecule has 0 radical (unpaired) electrons. The number of rotatable bonds is 7. The summed E-state index contributed by atoms with van der Waals surface area (Å²) in [5, 5.41) is 12.3. The molecule has 0 bridgehead atoms. The highest BCUT2D eigenvalue weighted by molar-refractivity contribution is 5.90. The van der Waals surface area contributed by atoms with Crippen molar-refractivity contribution >= 4 is 16.5 Å². The first-order valence-corrected chi connectivity index (χ1v) is 10.5. The molecule has 1 aliphatic heterocycles. The van der Waals surface area contributed by atoms with Gasteiger partial charge in [0.15, 0.2) is 5.88 Å². The van der Waals surface area contributed by atoms with Crippen LogP contribution in [0.25, 0.3) is 10.8 Å². The zero-order valence-electron chi connectivity index (χ0n) is 17.8. The van der Waals surface area contributed by atoms with Crippen LogP contribution in [0.3, 0.4) is 0 Å². The maximum absolute atomic E-state index is 12.3. The Balaban J connectivity index is 1.45.